The molecule has 0 saturated carbocycles. The summed E-state index contributed by atoms with van der Waals surface area (Å²) in [7, 11) is 0. The molecule has 2 aromatic carbocycles. The van der Waals surface area contributed by atoms with Crippen LogP contribution in [0, 0.1) is 0 Å². The maximum atomic E-state index is 11.5. The van der Waals surface area contributed by atoms with Crippen molar-refractivity contribution in [2.75, 3.05) is 18.5 Å². The number of carbonyl (C=O) groups is 1. The highest BCUT2D eigenvalue weighted by Crippen LogP contribution is 2.22. The van der Waals surface area contributed by atoms with Crippen LogP contribution in [0.3, 0.4) is 0 Å². The minimum Gasteiger partial charge on any atom is -0.464 e. The van der Waals surface area contributed by atoms with Crippen LogP contribution in [0.1, 0.15) is 19.8 Å². The highest BCUT2D eigenvalue weighted by Gasteiger charge is 2.04. The quantitative estimate of drug-likeness (QED) is 0.634. The highest BCUT2D eigenvalue weighted by molar-refractivity contribution is 5.94. The molecule has 2 aromatic rings. The average molecular weight is 257 g/mol. The fourth-order valence-corrected chi connectivity index (χ4v) is 1.93. The van der Waals surface area contributed by atoms with Crippen molar-refractivity contribution < 1.29 is 9.53 Å². The molecule has 0 aromatic heterocycles. The Balaban J connectivity index is 1.96. The number of unbranched alkanes of at least 4 members (excludes halogenated alkanes) is 1. The number of rotatable bonds is 6. The van der Waals surface area contributed by atoms with Crippen LogP contribution in [0.2, 0.25) is 0 Å². The Labute approximate surface area is 113 Å². The molecule has 100 valence electrons. The summed E-state index contributed by atoms with van der Waals surface area (Å²) in [6.07, 6.45) is 1.95. The van der Waals surface area contributed by atoms with E-state index in [1.807, 2.05) is 30.3 Å². The maximum absolute atomic E-state index is 11.5. The van der Waals surface area contributed by atoms with E-state index in [1.54, 1.807) is 0 Å². The van der Waals surface area contributed by atoms with Gasteiger partial charge in [-0.15, -0.1) is 0 Å². The van der Waals surface area contributed by atoms with Gasteiger partial charge in [0.05, 0.1) is 6.61 Å². The summed E-state index contributed by atoms with van der Waals surface area (Å²) in [6.45, 7) is 2.78. The Bertz CT molecular complexity index is 546. The van der Waals surface area contributed by atoms with Crippen LogP contribution in [0.5, 0.6) is 0 Å². The molecular weight excluding hydrogens is 238 g/mol. The van der Waals surface area contributed by atoms with Crippen LogP contribution in [-0.2, 0) is 9.53 Å². The van der Waals surface area contributed by atoms with E-state index < -0.39 is 0 Å². The molecule has 0 bridgehead atoms. The Hall–Kier alpha value is -2.03. The van der Waals surface area contributed by atoms with Crippen LogP contribution < -0.4 is 5.32 Å². The molecule has 0 radical (unpaired) electrons. The number of benzene rings is 2. The van der Waals surface area contributed by atoms with Gasteiger partial charge in [0.2, 0.25) is 0 Å². The van der Waals surface area contributed by atoms with Crippen molar-refractivity contribution >= 4 is 22.4 Å². The zero-order valence-electron chi connectivity index (χ0n) is 11.2. The summed E-state index contributed by atoms with van der Waals surface area (Å²) in [6, 6.07) is 14.1. The third-order valence-corrected chi connectivity index (χ3v) is 2.97. The van der Waals surface area contributed by atoms with E-state index >= 15 is 0 Å². The molecule has 0 atom stereocenters. The van der Waals surface area contributed by atoms with E-state index in [0.717, 1.165) is 29.3 Å². The lowest BCUT2D eigenvalue weighted by atomic mass is 10.1. The van der Waals surface area contributed by atoms with Crippen LogP contribution in [-0.4, -0.2) is 19.1 Å². The smallest absolute Gasteiger partial charge is 0.325 e. The zero-order chi connectivity index (χ0) is 13.5. The molecule has 0 amide bonds. The first-order valence-corrected chi connectivity index (χ1v) is 6.68. The first-order valence-electron chi connectivity index (χ1n) is 6.68. The lowest BCUT2D eigenvalue weighted by molar-refractivity contribution is -0.141. The van der Waals surface area contributed by atoms with Gasteiger partial charge in [-0.1, -0.05) is 49.7 Å². The molecule has 1 N–H and O–H groups in total. The standard InChI is InChI=1S/C16H19NO2/c1-2-3-11-19-16(18)12-17-15-10-6-8-13-7-4-5-9-14(13)15/h4-10,17H,2-3,11-12H2,1H3. The first-order chi connectivity index (χ1) is 9.31. The van der Waals surface area contributed by atoms with Crippen molar-refractivity contribution in [1.29, 1.82) is 0 Å². The molecule has 19 heavy (non-hydrogen) atoms. The molecule has 0 saturated heterocycles. The largest absolute Gasteiger partial charge is 0.464 e. The molecular formula is C16H19NO2. The summed E-state index contributed by atoms with van der Waals surface area (Å²) in [5, 5.41) is 5.42. The Morgan fingerprint density at radius 2 is 1.95 bits per heavy atom. The molecule has 0 fully saturated rings. The van der Waals surface area contributed by atoms with E-state index in [9.17, 15) is 4.79 Å². The van der Waals surface area contributed by atoms with Gasteiger partial charge < -0.3 is 10.1 Å². The van der Waals surface area contributed by atoms with Crippen molar-refractivity contribution in [1.82, 2.24) is 0 Å². The highest BCUT2D eigenvalue weighted by atomic mass is 16.5. The minimum absolute atomic E-state index is 0.206. The van der Waals surface area contributed by atoms with Gasteiger partial charge >= 0.3 is 5.97 Å². The third-order valence-electron chi connectivity index (χ3n) is 2.97. The minimum atomic E-state index is -0.207. The van der Waals surface area contributed by atoms with Crippen molar-refractivity contribution in [2.24, 2.45) is 0 Å². The number of fused-ring (bicyclic) bond motifs is 1. The molecule has 2 rings (SSSR count). The summed E-state index contributed by atoms with van der Waals surface area (Å²) in [5.74, 6) is -0.207. The van der Waals surface area contributed by atoms with Gasteiger partial charge in [0.15, 0.2) is 0 Å². The van der Waals surface area contributed by atoms with E-state index in [-0.39, 0.29) is 12.5 Å². The predicted octanol–water partition coefficient (Wildman–Crippen LogP) is 3.60. The fraction of sp³-hybridized carbons (Fsp3) is 0.312. The van der Waals surface area contributed by atoms with Crippen LogP contribution in [0.4, 0.5) is 5.69 Å². The topological polar surface area (TPSA) is 38.3 Å². The number of nitrogens with one attached hydrogen (secondary N) is 1. The monoisotopic (exact) mass is 257 g/mol. The van der Waals surface area contributed by atoms with Crippen molar-refractivity contribution in [2.45, 2.75) is 19.8 Å². The Kier molecular flexibility index (Phi) is 4.78. The number of ether oxygens (including phenoxy) is 1. The second kappa shape index (κ2) is 6.78. The number of anilines is 1. The normalized spacial score (nSPS) is 10.4. The number of hydrogen-bond acceptors (Lipinski definition) is 3. The zero-order valence-corrected chi connectivity index (χ0v) is 11.2. The third kappa shape index (κ3) is 3.71. The van der Waals surface area contributed by atoms with Crippen molar-refractivity contribution in [3.8, 4) is 0 Å². The summed E-state index contributed by atoms with van der Waals surface area (Å²) in [4.78, 5) is 11.5. The molecule has 3 nitrogen and oxygen atoms in total. The van der Waals surface area contributed by atoms with Crippen molar-refractivity contribution in [3.05, 3.63) is 42.5 Å². The van der Waals surface area contributed by atoms with E-state index in [2.05, 4.69) is 24.4 Å². The lowest BCUT2D eigenvalue weighted by Gasteiger charge is -2.09. The van der Waals surface area contributed by atoms with Gasteiger partial charge in [0.1, 0.15) is 6.54 Å². The fourth-order valence-electron chi connectivity index (χ4n) is 1.93. The average Bonchev–Trinajstić information content (AvgIpc) is 2.45. The van der Waals surface area contributed by atoms with Gasteiger partial charge in [0.25, 0.3) is 0 Å². The molecule has 0 aliphatic rings. The van der Waals surface area contributed by atoms with E-state index in [0.29, 0.717) is 6.61 Å². The van der Waals surface area contributed by atoms with Crippen LogP contribution in [0.25, 0.3) is 10.8 Å². The second-order valence-corrected chi connectivity index (χ2v) is 4.45. The van der Waals surface area contributed by atoms with E-state index in [4.69, 9.17) is 4.74 Å². The van der Waals surface area contributed by atoms with Gasteiger partial charge in [-0.05, 0) is 17.9 Å². The summed E-state index contributed by atoms with van der Waals surface area (Å²) in [5.41, 5.74) is 0.963. The number of hydrogen-bond donors (Lipinski definition) is 1. The van der Waals surface area contributed by atoms with Crippen LogP contribution in [0.15, 0.2) is 42.5 Å². The molecule has 0 aliphatic heterocycles. The predicted molar refractivity (Wildman–Crippen MR) is 78.3 cm³/mol. The lowest BCUT2D eigenvalue weighted by Crippen LogP contribution is -2.17. The molecule has 0 spiro atoms. The number of esters is 1. The van der Waals surface area contributed by atoms with Crippen molar-refractivity contribution in [3.63, 3.8) is 0 Å². The number of carbonyl (C=O) groups excluding carboxylic acids is 1. The molecule has 0 aliphatic carbocycles. The SMILES string of the molecule is CCCCOC(=O)CNc1cccc2ccccc12. The first kappa shape index (κ1) is 13.4. The molecule has 3 heteroatoms. The van der Waals surface area contributed by atoms with Gasteiger partial charge in [-0.2, -0.15) is 0 Å². The summed E-state index contributed by atoms with van der Waals surface area (Å²) < 4.78 is 5.11. The van der Waals surface area contributed by atoms with Gasteiger partial charge in [-0.25, -0.2) is 0 Å². The van der Waals surface area contributed by atoms with Gasteiger partial charge in [-0.3, -0.25) is 4.79 Å². The second-order valence-electron chi connectivity index (χ2n) is 4.45. The van der Waals surface area contributed by atoms with E-state index in [1.165, 1.54) is 0 Å². The van der Waals surface area contributed by atoms with Gasteiger partial charge in [0, 0.05) is 11.1 Å². The molecule has 0 heterocycles. The maximum Gasteiger partial charge on any atom is 0.325 e. The summed E-state index contributed by atoms with van der Waals surface area (Å²) >= 11 is 0. The Morgan fingerprint density at radius 1 is 1.16 bits per heavy atom. The Morgan fingerprint density at radius 3 is 2.79 bits per heavy atom. The molecule has 0 unspecified atom stereocenters. The van der Waals surface area contributed by atoms with Crippen LogP contribution >= 0.6 is 0 Å².